The van der Waals surface area contributed by atoms with Crippen molar-refractivity contribution in [3.05, 3.63) is 84.1 Å². The van der Waals surface area contributed by atoms with Crippen molar-refractivity contribution in [3.63, 3.8) is 0 Å². The maximum Gasteiger partial charge on any atom is 0.243 e. The minimum atomic E-state index is -0.750. The third-order valence-electron chi connectivity index (χ3n) is 5.54. The molecule has 6 nitrogen and oxygen atoms in total. The normalized spacial score (nSPS) is 11.7. The van der Waals surface area contributed by atoms with Crippen LogP contribution in [0.25, 0.3) is 21.7 Å². The molecule has 0 saturated carbocycles. The van der Waals surface area contributed by atoms with Crippen LogP contribution in [0, 0.1) is 11.3 Å². The molecule has 0 radical (unpaired) electrons. The SMILES string of the molecule is N#CCNC(=O)C(Cc1ccc2ccccc2c1)NC(=O)CCc1c[nH]c2ccccc12. The average molecular weight is 425 g/mol. The molecule has 1 aromatic heterocycles. The molecule has 32 heavy (non-hydrogen) atoms. The fourth-order valence-corrected chi connectivity index (χ4v) is 3.91. The van der Waals surface area contributed by atoms with Crippen LogP contribution < -0.4 is 10.6 Å². The maximum atomic E-state index is 12.7. The summed E-state index contributed by atoms with van der Waals surface area (Å²) in [5, 5.41) is 17.5. The van der Waals surface area contributed by atoms with E-state index in [4.69, 9.17) is 5.26 Å². The van der Waals surface area contributed by atoms with Gasteiger partial charge in [-0.05, 0) is 34.4 Å². The fourth-order valence-electron chi connectivity index (χ4n) is 3.91. The van der Waals surface area contributed by atoms with E-state index < -0.39 is 6.04 Å². The summed E-state index contributed by atoms with van der Waals surface area (Å²) in [6.45, 7) is -0.0989. The van der Waals surface area contributed by atoms with Crippen LogP contribution in [-0.2, 0) is 22.4 Å². The van der Waals surface area contributed by atoms with Crippen molar-refractivity contribution in [1.82, 2.24) is 15.6 Å². The van der Waals surface area contributed by atoms with E-state index in [1.54, 1.807) is 0 Å². The van der Waals surface area contributed by atoms with E-state index in [2.05, 4.69) is 15.6 Å². The standard InChI is InChI=1S/C26H24N4O2/c27-13-14-28-26(32)24(16-18-9-10-19-5-1-2-6-20(19)15-18)30-25(31)12-11-21-17-29-23-8-4-3-7-22(21)23/h1-10,15,17,24,29H,11-12,14,16H2,(H,28,32)(H,30,31). The second-order valence-corrected chi connectivity index (χ2v) is 7.74. The Morgan fingerprint density at radius 1 is 1.00 bits per heavy atom. The molecule has 0 aliphatic rings. The Hall–Kier alpha value is -4.11. The van der Waals surface area contributed by atoms with Crippen molar-refractivity contribution in [1.29, 1.82) is 5.26 Å². The summed E-state index contributed by atoms with van der Waals surface area (Å²) < 4.78 is 0. The van der Waals surface area contributed by atoms with Crippen molar-refractivity contribution in [3.8, 4) is 6.07 Å². The lowest BCUT2D eigenvalue weighted by molar-refractivity contribution is -0.128. The van der Waals surface area contributed by atoms with Crippen molar-refractivity contribution >= 4 is 33.5 Å². The number of carbonyl (C=O) groups excluding carboxylic acids is 2. The molecule has 4 rings (SSSR count). The number of aryl methyl sites for hydroxylation is 1. The molecule has 2 amide bonds. The molecule has 0 spiro atoms. The highest BCUT2D eigenvalue weighted by molar-refractivity contribution is 5.89. The van der Waals surface area contributed by atoms with Crippen LogP contribution in [0.4, 0.5) is 0 Å². The average Bonchev–Trinajstić information content (AvgIpc) is 3.24. The predicted molar refractivity (Wildman–Crippen MR) is 125 cm³/mol. The lowest BCUT2D eigenvalue weighted by Gasteiger charge is -2.18. The van der Waals surface area contributed by atoms with Crippen LogP contribution in [0.1, 0.15) is 17.5 Å². The van der Waals surface area contributed by atoms with E-state index in [0.717, 1.165) is 32.8 Å². The van der Waals surface area contributed by atoms with Crippen molar-refractivity contribution in [2.75, 3.05) is 6.54 Å². The van der Waals surface area contributed by atoms with E-state index in [0.29, 0.717) is 12.8 Å². The minimum absolute atomic E-state index is 0.0989. The quantitative estimate of drug-likeness (QED) is 0.377. The Morgan fingerprint density at radius 2 is 1.78 bits per heavy atom. The van der Waals surface area contributed by atoms with Crippen LogP contribution in [0.15, 0.2) is 72.9 Å². The van der Waals surface area contributed by atoms with Gasteiger partial charge in [-0.2, -0.15) is 5.26 Å². The van der Waals surface area contributed by atoms with Crippen molar-refractivity contribution in [2.24, 2.45) is 0 Å². The van der Waals surface area contributed by atoms with Gasteiger partial charge in [-0.1, -0.05) is 60.7 Å². The number of nitriles is 1. The van der Waals surface area contributed by atoms with E-state index >= 15 is 0 Å². The lowest BCUT2D eigenvalue weighted by atomic mass is 10.0. The molecule has 3 aromatic carbocycles. The first-order valence-corrected chi connectivity index (χ1v) is 10.6. The van der Waals surface area contributed by atoms with Crippen LogP contribution in [0.2, 0.25) is 0 Å². The number of fused-ring (bicyclic) bond motifs is 2. The number of carbonyl (C=O) groups is 2. The van der Waals surface area contributed by atoms with Crippen molar-refractivity contribution < 1.29 is 9.59 Å². The molecule has 1 unspecified atom stereocenters. The Kier molecular flexibility index (Phi) is 6.47. The third-order valence-corrected chi connectivity index (χ3v) is 5.54. The summed E-state index contributed by atoms with van der Waals surface area (Å²) in [6.07, 6.45) is 3.10. The molecule has 0 aliphatic heterocycles. The molecule has 0 fully saturated rings. The second-order valence-electron chi connectivity index (χ2n) is 7.74. The Bertz CT molecular complexity index is 1300. The smallest absolute Gasteiger partial charge is 0.243 e. The Morgan fingerprint density at radius 3 is 2.62 bits per heavy atom. The zero-order chi connectivity index (χ0) is 22.3. The maximum absolute atomic E-state index is 12.7. The molecule has 0 bridgehead atoms. The first-order chi connectivity index (χ1) is 15.6. The summed E-state index contributed by atoms with van der Waals surface area (Å²) in [5.74, 6) is -0.562. The van der Waals surface area contributed by atoms with Gasteiger partial charge in [-0.25, -0.2) is 0 Å². The van der Waals surface area contributed by atoms with Gasteiger partial charge in [0.05, 0.1) is 6.07 Å². The van der Waals surface area contributed by atoms with E-state index in [9.17, 15) is 9.59 Å². The molecule has 0 saturated heterocycles. The van der Waals surface area contributed by atoms with Crippen molar-refractivity contribution in [2.45, 2.75) is 25.3 Å². The second kappa shape index (κ2) is 9.80. The lowest BCUT2D eigenvalue weighted by Crippen LogP contribution is -2.48. The topological polar surface area (TPSA) is 97.8 Å². The number of hydrogen-bond donors (Lipinski definition) is 3. The Balaban J connectivity index is 1.45. The number of hydrogen-bond acceptors (Lipinski definition) is 3. The van der Waals surface area contributed by atoms with Gasteiger partial charge < -0.3 is 15.6 Å². The predicted octanol–water partition coefficient (Wildman–Crippen LogP) is 3.62. The highest BCUT2D eigenvalue weighted by Crippen LogP contribution is 2.19. The largest absolute Gasteiger partial charge is 0.361 e. The number of aromatic nitrogens is 1. The molecule has 1 heterocycles. The number of amides is 2. The summed E-state index contributed by atoms with van der Waals surface area (Å²) in [6, 6.07) is 23.1. The van der Waals surface area contributed by atoms with Gasteiger partial charge in [0.25, 0.3) is 0 Å². The zero-order valence-electron chi connectivity index (χ0n) is 17.6. The number of nitrogens with zero attached hydrogens (tertiary/aromatic N) is 1. The molecule has 0 aliphatic carbocycles. The molecule has 160 valence electrons. The third kappa shape index (κ3) is 4.96. The summed E-state index contributed by atoms with van der Waals surface area (Å²) >= 11 is 0. The number of aromatic amines is 1. The number of nitrogens with one attached hydrogen (secondary N) is 3. The highest BCUT2D eigenvalue weighted by atomic mass is 16.2. The van der Waals surface area contributed by atoms with E-state index in [-0.39, 0.29) is 24.8 Å². The molecule has 6 heteroatoms. The van der Waals surface area contributed by atoms with Gasteiger partial charge in [-0.3, -0.25) is 9.59 Å². The summed E-state index contributed by atoms with van der Waals surface area (Å²) in [5.41, 5.74) is 3.04. The Labute approximate surface area is 186 Å². The fraction of sp³-hybridized carbons (Fsp3) is 0.192. The molecular formula is C26H24N4O2. The van der Waals surface area contributed by atoms with Gasteiger partial charge >= 0.3 is 0 Å². The highest BCUT2D eigenvalue weighted by Gasteiger charge is 2.21. The molecule has 3 N–H and O–H groups in total. The van der Waals surface area contributed by atoms with Crippen LogP contribution >= 0.6 is 0 Å². The zero-order valence-corrected chi connectivity index (χ0v) is 17.6. The molecule has 1 atom stereocenters. The van der Waals surface area contributed by atoms with E-state index in [1.807, 2.05) is 79.0 Å². The summed E-state index contributed by atoms with van der Waals surface area (Å²) in [4.78, 5) is 28.5. The number of benzene rings is 3. The number of para-hydroxylation sites is 1. The van der Waals surface area contributed by atoms with Gasteiger partial charge in [0, 0.05) is 29.9 Å². The monoisotopic (exact) mass is 424 g/mol. The molecule has 4 aromatic rings. The first-order valence-electron chi connectivity index (χ1n) is 10.6. The minimum Gasteiger partial charge on any atom is -0.361 e. The van der Waals surface area contributed by atoms with E-state index in [1.165, 1.54) is 0 Å². The van der Waals surface area contributed by atoms with Crippen LogP contribution in [0.5, 0.6) is 0 Å². The first kappa shape index (κ1) is 21.1. The van der Waals surface area contributed by atoms with Gasteiger partial charge in [0.1, 0.15) is 12.6 Å². The summed E-state index contributed by atoms with van der Waals surface area (Å²) in [7, 11) is 0. The number of rotatable bonds is 8. The van der Waals surface area contributed by atoms with Gasteiger partial charge in [0.2, 0.25) is 11.8 Å². The van der Waals surface area contributed by atoms with Gasteiger partial charge in [-0.15, -0.1) is 0 Å². The van der Waals surface area contributed by atoms with Crippen LogP contribution in [-0.4, -0.2) is 29.4 Å². The van der Waals surface area contributed by atoms with Gasteiger partial charge in [0.15, 0.2) is 0 Å². The number of H-pyrrole nitrogens is 1. The van der Waals surface area contributed by atoms with Crippen LogP contribution in [0.3, 0.4) is 0 Å². The molecular weight excluding hydrogens is 400 g/mol.